The maximum atomic E-state index is 11.8. The summed E-state index contributed by atoms with van der Waals surface area (Å²) in [5.74, 6) is 0.656. The fraction of sp³-hybridized carbons (Fsp3) is 0.381. The van der Waals surface area contributed by atoms with E-state index in [1.165, 1.54) is 5.56 Å². The molecule has 2 aromatic rings. The van der Waals surface area contributed by atoms with Crippen LogP contribution in [0.2, 0.25) is 0 Å². The highest BCUT2D eigenvalue weighted by atomic mass is 16.2. The Hall–Kier alpha value is -2.93. The molecule has 0 atom stereocenters. The van der Waals surface area contributed by atoms with Gasteiger partial charge in [0.25, 0.3) is 5.91 Å². The molecule has 2 amide bonds. The molecule has 1 fully saturated rings. The molecule has 3 N–H and O–H groups in total. The predicted octanol–water partition coefficient (Wildman–Crippen LogP) is 2.11. The van der Waals surface area contributed by atoms with E-state index in [1.807, 2.05) is 19.9 Å². The molecule has 1 saturated heterocycles. The van der Waals surface area contributed by atoms with E-state index in [-0.39, 0.29) is 17.9 Å². The van der Waals surface area contributed by atoms with Gasteiger partial charge in [0.2, 0.25) is 5.91 Å². The predicted molar refractivity (Wildman–Crippen MR) is 110 cm³/mol. The summed E-state index contributed by atoms with van der Waals surface area (Å²) >= 11 is 0. The number of carbonyl (C=O) groups is 2. The van der Waals surface area contributed by atoms with Gasteiger partial charge < -0.3 is 16.0 Å². The molecule has 0 bridgehead atoms. The van der Waals surface area contributed by atoms with Crippen LogP contribution in [0.1, 0.15) is 29.8 Å². The van der Waals surface area contributed by atoms with E-state index in [9.17, 15) is 9.59 Å². The molecule has 0 aliphatic carbocycles. The number of pyridine rings is 1. The molecular weight excluding hydrogens is 354 g/mol. The van der Waals surface area contributed by atoms with Gasteiger partial charge in [-0.3, -0.25) is 14.5 Å². The minimum absolute atomic E-state index is 0.0843. The zero-order valence-electron chi connectivity index (χ0n) is 16.2. The summed E-state index contributed by atoms with van der Waals surface area (Å²) < 4.78 is 0. The van der Waals surface area contributed by atoms with Crippen LogP contribution in [0.4, 0.5) is 11.5 Å². The van der Waals surface area contributed by atoms with Crippen molar-refractivity contribution in [2.45, 2.75) is 26.3 Å². The van der Waals surface area contributed by atoms with Gasteiger partial charge in [-0.15, -0.1) is 0 Å². The number of carbonyl (C=O) groups excluding carboxylic acids is 2. The van der Waals surface area contributed by atoms with E-state index < -0.39 is 0 Å². The van der Waals surface area contributed by atoms with Crippen LogP contribution >= 0.6 is 0 Å². The zero-order valence-corrected chi connectivity index (χ0v) is 16.2. The molecule has 1 aromatic carbocycles. The Balaban J connectivity index is 1.47. The molecule has 7 nitrogen and oxygen atoms in total. The quantitative estimate of drug-likeness (QED) is 0.716. The maximum absolute atomic E-state index is 11.8. The molecule has 7 heteroatoms. The van der Waals surface area contributed by atoms with Gasteiger partial charge in [-0.25, -0.2) is 4.98 Å². The Kier molecular flexibility index (Phi) is 5.00. The van der Waals surface area contributed by atoms with Crippen molar-refractivity contribution in [1.29, 1.82) is 0 Å². The van der Waals surface area contributed by atoms with Crippen LogP contribution in [-0.2, 0) is 11.2 Å². The number of anilines is 2. The van der Waals surface area contributed by atoms with Crippen molar-refractivity contribution in [3.05, 3.63) is 41.5 Å². The van der Waals surface area contributed by atoms with Crippen LogP contribution in [0, 0.1) is 0 Å². The zero-order chi connectivity index (χ0) is 19.7. The SMILES string of the molecule is CC(C)Nc1nc(-c2ccc(CCN3CCNC(=O)C3)cc2)cc2c1C(=O)N2. The Bertz CT molecular complexity index is 908. The third kappa shape index (κ3) is 3.84. The van der Waals surface area contributed by atoms with Gasteiger partial charge in [-0.05, 0) is 31.9 Å². The number of benzene rings is 1. The van der Waals surface area contributed by atoms with Gasteiger partial charge >= 0.3 is 0 Å². The molecule has 0 radical (unpaired) electrons. The fourth-order valence-corrected chi connectivity index (χ4v) is 3.53. The number of aromatic nitrogens is 1. The number of hydrogen-bond acceptors (Lipinski definition) is 5. The first-order valence-corrected chi connectivity index (χ1v) is 9.71. The lowest BCUT2D eigenvalue weighted by atomic mass is 10.0. The average molecular weight is 379 g/mol. The molecule has 2 aliphatic rings. The van der Waals surface area contributed by atoms with Crippen molar-refractivity contribution in [3.63, 3.8) is 0 Å². The average Bonchev–Trinajstić information content (AvgIpc) is 2.65. The molecule has 4 rings (SSSR count). The summed E-state index contributed by atoms with van der Waals surface area (Å²) in [4.78, 5) is 30.1. The lowest BCUT2D eigenvalue weighted by Gasteiger charge is -2.26. The highest BCUT2D eigenvalue weighted by molar-refractivity contribution is 6.21. The van der Waals surface area contributed by atoms with Crippen molar-refractivity contribution >= 4 is 23.3 Å². The Morgan fingerprint density at radius 2 is 2.00 bits per heavy atom. The van der Waals surface area contributed by atoms with Crippen LogP contribution in [0.25, 0.3) is 11.3 Å². The lowest BCUT2D eigenvalue weighted by Crippen LogP contribution is -2.48. The van der Waals surface area contributed by atoms with E-state index in [1.54, 1.807) is 0 Å². The molecule has 0 unspecified atom stereocenters. The van der Waals surface area contributed by atoms with Crippen molar-refractivity contribution in [2.75, 3.05) is 36.8 Å². The Labute approximate surface area is 164 Å². The minimum atomic E-state index is -0.0843. The molecule has 0 saturated carbocycles. The first-order chi connectivity index (χ1) is 13.5. The molecule has 28 heavy (non-hydrogen) atoms. The van der Waals surface area contributed by atoms with Gasteiger partial charge in [0.05, 0.1) is 17.9 Å². The maximum Gasteiger partial charge on any atom is 0.261 e. The summed E-state index contributed by atoms with van der Waals surface area (Å²) in [5, 5.41) is 8.94. The summed E-state index contributed by atoms with van der Waals surface area (Å²) in [6.07, 6.45) is 0.904. The van der Waals surface area contributed by atoms with E-state index in [4.69, 9.17) is 0 Å². The van der Waals surface area contributed by atoms with Gasteiger partial charge in [0.15, 0.2) is 0 Å². The van der Waals surface area contributed by atoms with Crippen molar-refractivity contribution < 1.29 is 9.59 Å². The minimum Gasteiger partial charge on any atom is -0.367 e. The topological polar surface area (TPSA) is 86.4 Å². The molecule has 0 spiro atoms. The monoisotopic (exact) mass is 379 g/mol. The van der Waals surface area contributed by atoms with E-state index >= 15 is 0 Å². The summed E-state index contributed by atoms with van der Waals surface area (Å²) in [6.45, 7) is 7.04. The number of amides is 2. The van der Waals surface area contributed by atoms with Gasteiger partial charge in [-0.1, -0.05) is 24.3 Å². The van der Waals surface area contributed by atoms with E-state index in [0.29, 0.717) is 17.9 Å². The second kappa shape index (κ2) is 7.59. The lowest BCUT2D eigenvalue weighted by molar-refractivity contribution is -0.124. The molecule has 3 heterocycles. The van der Waals surface area contributed by atoms with E-state index in [2.05, 4.69) is 50.1 Å². The standard InChI is InChI=1S/C21H25N5O2/c1-13(2)23-20-19-17(25-21(19)28)11-16(24-20)15-5-3-14(4-6-15)7-9-26-10-8-22-18(27)12-26/h3-6,11,13H,7-10,12H2,1-2H3,(H,22,27)(H,23,24)(H,25,28). The largest absolute Gasteiger partial charge is 0.367 e. The summed E-state index contributed by atoms with van der Waals surface area (Å²) in [5.41, 5.74) is 4.54. The second-order valence-corrected chi connectivity index (χ2v) is 7.60. The Morgan fingerprint density at radius 1 is 1.21 bits per heavy atom. The molecule has 2 aliphatic heterocycles. The van der Waals surface area contributed by atoms with Crippen LogP contribution < -0.4 is 16.0 Å². The first-order valence-electron chi connectivity index (χ1n) is 9.71. The fourth-order valence-electron chi connectivity index (χ4n) is 3.53. The number of piperazine rings is 1. The number of fused-ring (bicyclic) bond motifs is 1. The number of nitrogens with one attached hydrogen (secondary N) is 3. The van der Waals surface area contributed by atoms with Crippen molar-refractivity contribution in [1.82, 2.24) is 15.2 Å². The Morgan fingerprint density at radius 3 is 2.68 bits per heavy atom. The third-order valence-corrected chi connectivity index (χ3v) is 5.00. The normalized spacial score (nSPS) is 16.2. The first kappa shape index (κ1) is 18.4. The summed E-state index contributed by atoms with van der Waals surface area (Å²) in [7, 11) is 0. The molecule has 146 valence electrons. The third-order valence-electron chi connectivity index (χ3n) is 5.00. The van der Waals surface area contributed by atoms with Crippen LogP contribution in [-0.4, -0.2) is 53.9 Å². The summed E-state index contributed by atoms with van der Waals surface area (Å²) in [6, 6.07) is 10.4. The van der Waals surface area contributed by atoms with Gasteiger partial charge in [0.1, 0.15) is 11.4 Å². The highest BCUT2D eigenvalue weighted by Crippen LogP contribution is 2.35. The van der Waals surface area contributed by atoms with Crippen molar-refractivity contribution in [2.24, 2.45) is 0 Å². The van der Waals surface area contributed by atoms with Gasteiger partial charge in [0, 0.05) is 31.2 Å². The number of rotatable bonds is 6. The van der Waals surface area contributed by atoms with E-state index in [0.717, 1.165) is 43.0 Å². The van der Waals surface area contributed by atoms with Crippen molar-refractivity contribution in [3.8, 4) is 11.3 Å². The van der Waals surface area contributed by atoms with Gasteiger partial charge in [-0.2, -0.15) is 0 Å². The van der Waals surface area contributed by atoms with Crippen LogP contribution in [0.15, 0.2) is 30.3 Å². The molecular formula is C21H25N5O2. The second-order valence-electron chi connectivity index (χ2n) is 7.60. The number of hydrogen-bond donors (Lipinski definition) is 3. The van der Waals surface area contributed by atoms with Crippen LogP contribution in [0.3, 0.4) is 0 Å². The smallest absolute Gasteiger partial charge is 0.261 e. The number of nitrogens with zero attached hydrogens (tertiary/aromatic N) is 2. The molecule has 1 aromatic heterocycles. The highest BCUT2D eigenvalue weighted by Gasteiger charge is 2.29. The van der Waals surface area contributed by atoms with Crippen LogP contribution in [0.5, 0.6) is 0 Å².